The minimum absolute atomic E-state index is 0.136. The molecule has 0 aromatic rings. The van der Waals surface area contributed by atoms with Gasteiger partial charge in [-0.05, 0) is 31.3 Å². The van der Waals surface area contributed by atoms with Crippen molar-refractivity contribution >= 4 is 47.3 Å². The van der Waals surface area contributed by atoms with Gasteiger partial charge in [-0.2, -0.15) is 11.8 Å². The Morgan fingerprint density at radius 2 is 1.69 bits per heavy atom. The van der Waals surface area contributed by atoms with Crippen LogP contribution < -0.4 is 22.1 Å². The van der Waals surface area contributed by atoms with E-state index in [1.807, 2.05) is 0 Å². The number of hydrogen-bond acceptors (Lipinski definition) is 8. The molecule has 180 valence electrons. The molecule has 4 atom stereocenters. The third-order valence-electron chi connectivity index (χ3n) is 4.82. The van der Waals surface area contributed by atoms with Gasteiger partial charge in [0, 0.05) is 6.54 Å². The van der Waals surface area contributed by atoms with E-state index in [1.54, 1.807) is 6.26 Å². The number of nitrogens with zero attached hydrogens (tertiary/aromatic N) is 1. The van der Waals surface area contributed by atoms with E-state index in [0.717, 1.165) is 4.90 Å². The molecule has 1 fully saturated rings. The topological polar surface area (TPSA) is 222 Å². The largest absolute Gasteiger partial charge is 0.481 e. The number of likely N-dealkylation sites (tertiary alicyclic amines) is 1. The Kier molecular flexibility index (Phi) is 10.9. The quantitative estimate of drug-likeness (QED) is 0.164. The maximum absolute atomic E-state index is 12.9. The Hall–Kier alpha value is -2.87. The Labute approximate surface area is 188 Å². The number of nitrogens with two attached hydrogens (primary N) is 2. The number of hydrogen-bond donors (Lipinski definition) is 6. The zero-order valence-electron chi connectivity index (χ0n) is 17.6. The van der Waals surface area contributed by atoms with E-state index in [4.69, 9.17) is 16.6 Å². The summed E-state index contributed by atoms with van der Waals surface area (Å²) in [5.74, 6) is -5.37. The van der Waals surface area contributed by atoms with Crippen molar-refractivity contribution in [1.29, 1.82) is 0 Å². The van der Waals surface area contributed by atoms with Crippen LogP contribution in [-0.2, 0) is 28.8 Å². The second-order valence-corrected chi connectivity index (χ2v) is 8.29. The number of thioether (sulfide) groups is 1. The van der Waals surface area contributed by atoms with Crippen LogP contribution >= 0.6 is 11.8 Å². The van der Waals surface area contributed by atoms with Crippen LogP contribution in [0.3, 0.4) is 0 Å². The minimum atomic E-state index is -1.42. The molecule has 0 bridgehead atoms. The number of aliphatic carboxylic acids is 2. The molecule has 0 spiro atoms. The SMILES string of the molecule is CSCCC(NC(=O)C(N)CC(=O)O)C(=O)NC(CC(N)=O)C(=O)N1CCCC1C(=O)O. The van der Waals surface area contributed by atoms with Crippen molar-refractivity contribution in [3.8, 4) is 0 Å². The Morgan fingerprint density at radius 3 is 2.22 bits per heavy atom. The molecule has 8 N–H and O–H groups in total. The minimum Gasteiger partial charge on any atom is -0.481 e. The normalized spacial score (nSPS) is 18.3. The van der Waals surface area contributed by atoms with E-state index in [0.29, 0.717) is 12.2 Å². The van der Waals surface area contributed by atoms with Crippen LogP contribution in [0.15, 0.2) is 0 Å². The van der Waals surface area contributed by atoms with E-state index in [2.05, 4.69) is 10.6 Å². The first kappa shape index (κ1) is 27.2. The number of nitrogens with one attached hydrogen (secondary N) is 2. The molecule has 1 saturated heterocycles. The molecule has 0 radical (unpaired) electrons. The third-order valence-corrected chi connectivity index (χ3v) is 5.46. The van der Waals surface area contributed by atoms with Crippen molar-refractivity contribution in [1.82, 2.24) is 15.5 Å². The van der Waals surface area contributed by atoms with Crippen molar-refractivity contribution in [2.24, 2.45) is 11.5 Å². The van der Waals surface area contributed by atoms with Gasteiger partial charge in [-0.1, -0.05) is 0 Å². The lowest BCUT2D eigenvalue weighted by atomic mass is 10.1. The fourth-order valence-corrected chi connectivity index (χ4v) is 3.70. The lowest BCUT2D eigenvalue weighted by molar-refractivity contribution is -0.149. The van der Waals surface area contributed by atoms with Crippen LogP contribution in [0.5, 0.6) is 0 Å². The third kappa shape index (κ3) is 8.34. The zero-order chi connectivity index (χ0) is 24.4. The first-order valence-corrected chi connectivity index (χ1v) is 11.3. The predicted molar refractivity (Wildman–Crippen MR) is 113 cm³/mol. The summed E-state index contributed by atoms with van der Waals surface area (Å²) in [4.78, 5) is 72.6. The van der Waals surface area contributed by atoms with Crippen LogP contribution in [0.4, 0.5) is 0 Å². The molecule has 1 heterocycles. The van der Waals surface area contributed by atoms with Crippen molar-refractivity contribution < 1.29 is 39.0 Å². The van der Waals surface area contributed by atoms with E-state index in [-0.39, 0.29) is 19.4 Å². The summed E-state index contributed by atoms with van der Waals surface area (Å²) in [6.07, 6.45) is 1.40. The number of amides is 4. The number of rotatable bonds is 13. The number of primary amides is 1. The molecule has 1 aliphatic heterocycles. The second kappa shape index (κ2) is 12.9. The monoisotopic (exact) mass is 475 g/mol. The number of carboxylic acid groups (broad SMARTS) is 2. The molecule has 0 aromatic heterocycles. The summed E-state index contributed by atoms with van der Waals surface area (Å²) in [6, 6.07) is -5.04. The standard InChI is InChI=1S/C18H29N5O8S/c1-32-6-4-10(21-15(27)9(19)7-14(25)26)16(28)22-11(8-13(20)24)17(29)23-5-2-3-12(23)18(30)31/h9-12H,2-8,19H2,1H3,(H2,20,24)(H,21,27)(H,22,28)(H,25,26)(H,30,31). The average molecular weight is 476 g/mol. The van der Waals surface area contributed by atoms with Gasteiger partial charge in [0.15, 0.2) is 0 Å². The lowest BCUT2D eigenvalue weighted by Crippen LogP contribution is -2.58. The maximum atomic E-state index is 12.9. The molecule has 1 rings (SSSR count). The van der Waals surface area contributed by atoms with Crippen LogP contribution in [0.25, 0.3) is 0 Å². The summed E-state index contributed by atoms with van der Waals surface area (Å²) in [7, 11) is 0. The molecule has 0 aromatic carbocycles. The van der Waals surface area contributed by atoms with Crippen molar-refractivity contribution in [3.05, 3.63) is 0 Å². The van der Waals surface area contributed by atoms with Gasteiger partial charge in [0.25, 0.3) is 0 Å². The molecule has 4 amide bonds. The number of carbonyl (C=O) groups excluding carboxylic acids is 4. The average Bonchev–Trinajstić information content (AvgIpc) is 3.19. The molecular formula is C18H29N5O8S. The lowest BCUT2D eigenvalue weighted by Gasteiger charge is -2.28. The molecule has 13 nitrogen and oxygen atoms in total. The van der Waals surface area contributed by atoms with E-state index in [9.17, 15) is 33.9 Å². The first-order valence-electron chi connectivity index (χ1n) is 9.86. The first-order chi connectivity index (χ1) is 15.0. The van der Waals surface area contributed by atoms with E-state index < -0.39 is 72.6 Å². The highest BCUT2D eigenvalue weighted by Gasteiger charge is 2.39. The number of carboxylic acids is 2. The molecule has 4 unspecified atom stereocenters. The van der Waals surface area contributed by atoms with Gasteiger partial charge in [0.2, 0.25) is 23.6 Å². The summed E-state index contributed by atoms with van der Waals surface area (Å²) in [5.41, 5.74) is 10.7. The van der Waals surface area contributed by atoms with Crippen molar-refractivity contribution in [3.63, 3.8) is 0 Å². The summed E-state index contributed by atoms with van der Waals surface area (Å²) in [6.45, 7) is 0.150. The molecule has 0 saturated carbocycles. The highest BCUT2D eigenvalue weighted by atomic mass is 32.2. The Balaban J connectivity index is 2.98. The van der Waals surface area contributed by atoms with Gasteiger partial charge in [-0.15, -0.1) is 0 Å². The Morgan fingerprint density at radius 1 is 1.06 bits per heavy atom. The van der Waals surface area contributed by atoms with Gasteiger partial charge >= 0.3 is 11.9 Å². The molecule has 1 aliphatic rings. The fourth-order valence-electron chi connectivity index (χ4n) is 3.23. The fraction of sp³-hybridized carbons (Fsp3) is 0.667. The van der Waals surface area contributed by atoms with Gasteiger partial charge < -0.3 is 37.2 Å². The maximum Gasteiger partial charge on any atom is 0.326 e. The van der Waals surface area contributed by atoms with Crippen LogP contribution in [0.2, 0.25) is 0 Å². The Bertz CT molecular complexity index is 749. The van der Waals surface area contributed by atoms with Crippen molar-refractivity contribution in [2.45, 2.75) is 56.3 Å². The molecule has 32 heavy (non-hydrogen) atoms. The van der Waals surface area contributed by atoms with E-state index >= 15 is 0 Å². The van der Waals surface area contributed by atoms with E-state index in [1.165, 1.54) is 11.8 Å². The van der Waals surface area contributed by atoms with Gasteiger partial charge in [0.05, 0.1) is 18.9 Å². The van der Waals surface area contributed by atoms with Gasteiger partial charge in [0.1, 0.15) is 18.1 Å². The smallest absolute Gasteiger partial charge is 0.326 e. The highest BCUT2D eigenvalue weighted by Crippen LogP contribution is 2.19. The predicted octanol–water partition coefficient (Wildman–Crippen LogP) is -2.54. The van der Waals surface area contributed by atoms with Gasteiger partial charge in [-0.25, -0.2) is 4.79 Å². The summed E-state index contributed by atoms with van der Waals surface area (Å²) < 4.78 is 0. The van der Waals surface area contributed by atoms with Gasteiger partial charge in [-0.3, -0.25) is 24.0 Å². The summed E-state index contributed by atoms with van der Waals surface area (Å²) >= 11 is 1.38. The molecule has 14 heteroatoms. The molecular weight excluding hydrogens is 446 g/mol. The second-order valence-electron chi connectivity index (χ2n) is 7.31. The van der Waals surface area contributed by atoms with Crippen LogP contribution in [-0.4, -0.2) is 93.4 Å². The zero-order valence-corrected chi connectivity index (χ0v) is 18.4. The molecule has 0 aliphatic carbocycles. The van der Waals surface area contributed by atoms with Crippen LogP contribution in [0, 0.1) is 0 Å². The number of carbonyl (C=O) groups is 6. The van der Waals surface area contributed by atoms with Crippen LogP contribution in [0.1, 0.15) is 32.1 Å². The summed E-state index contributed by atoms with van der Waals surface area (Å²) in [5, 5.41) is 22.8. The van der Waals surface area contributed by atoms with Crippen molar-refractivity contribution in [2.75, 3.05) is 18.6 Å². The highest BCUT2D eigenvalue weighted by molar-refractivity contribution is 7.98.